The SMILES string of the molecule is COc1ccc(-c2nc(NC(=O)c3nccc4ccccc34)sc2C)cc1OC. The van der Waals surface area contributed by atoms with E-state index in [2.05, 4.69) is 15.3 Å². The fourth-order valence-electron chi connectivity index (χ4n) is 3.16. The van der Waals surface area contributed by atoms with Gasteiger partial charge in [-0.05, 0) is 36.6 Å². The van der Waals surface area contributed by atoms with Gasteiger partial charge < -0.3 is 9.47 Å². The molecular formula is C22H19N3O3S. The number of rotatable bonds is 5. The summed E-state index contributed by atoms with van der Waals surface area (Å²) in [5.41, 5.74) is 2.06. The van der Waals surface area contributed by atoms with Crippen LogP contribution >= 0.6 is 11.3 Å². The number of benzene rings is 2. The van der Waals surface area contributed by atoms with Crippen LogP contribution in [0.5, 0.6) is 11.5 Å². The van der Waals surface area contributed by atoms with Crippen molar-refractivity contribution in [3.05, 3.63) is 65.3 Å². The second-order valence-electron chi connectivity index (χ2n) is 6.33. The molecule has 0 saturated heterocycles. The molecule has 0 aliphatic carbocycles. The number of nitrogens with zero attached hydrogens (tertiary/aromatic N) is 2. The summed E-state index contributed by atoms with van der Waals surface area (Å²) in [6.07, 6.45) is 1.64. The number of methoxy groups -OCH3 is 2. The Labute approximate surface area is 172 Å². The summed E-state index contributed by atoms with van der Waals surface area (Å²) in [6.45, 7) is 1.97. The molecule has 1 N–H and O–H groups in total. The number of fused-ring (bicyclic) bond motifs is 1. The summed E-state index contributed by atoms with van der Waals surface area (Å²) in [4.78, 5) is 22.7. The topological polar surface area (TPSA) is 73.3 Å². The van der Waals surface area contributed by atoms with E-state index in [1.165, 1.54) is 11.3 Å². The van der Waals surface area contributed by atoms with Crippen molar-refractivity contribution < 1.29 is 14.3 Å². The number of nitrogens with one attached hydrogen (secondary N) is 1. The Morgan fingerprint density at radius 3 is 2.62 bits per heavy atom. The van der Waals surface area contributed by atoms with Crippen LogP contribution < -0.4 is 14.8 Å². The Bertz CT molecular complexity index is 1200. The molecule has 0 aliphatic rings. The van der Waals surface area contributed by atoms with Gasteiger partial charge in [0.2, 0.25) is 0 Å². The zero-order chi connectivity index (χ0) is 20.4. The van der Waals surface area contributed by atoms with Crippen molar-refractivity contribution >= 4 is 33.1 Å². The minimum Gasteiger partial charge on any atom is -0.493 e. The highest BCUT2D eigenvalue weighted by Gasteiger charge is 2.17. The Hall–Kier alpha value is -3.45. The van der Waals surface area contributed by atoms with E-state index in [4.69, 9.17) is 9.47 Å². The standard InChI is InChI=1S/C22H19N3O3S/c1-13-19(15-8-9-17(27-2)18(12-15)28-3)24-22(29-13)25-21(26)20-16-7-5-4-6-14(16)10-11-23-20/h4-12H,1-3H3,(H,24,25,26). The van der Waals surface area contributed by atoms with Crippen LogP contribution in [0.3, 0.4) is 0 Å². The van der Waals surface area contributed by atoms with Gasteiger partial charge in [0, 0.05) is 22.0 Å². The van der Waals surface area contributed by atoms with Crippen LogP contribution in [0.2, 0.25) is 0 Å². The van der Waals surface area contributed by atoms with Crippen molar-refractivity contribution in [1.82, 2.24) is 9.97 Å². The van der Waals surface area contributed by atoms with E-state index in [-0.39, 0.29) is 5.91 Å². The first-order valence-electron chi connectivity index (χ1n) is 8.95. The summed E-state index contributed by atoms with van der Waals surface area (Å²) >= 11 is 1.42. The van der Waals surface area contributed by atoms with Crippen LogP contribution in [0.1, 0.15) is 15.4 Å². The number of pyridine rings is 1. The van der Waals surface area contributed by atoms with Gasteiger partial charge in [-0.15, -0.1) is 11.3 Å². The van der Waals surface area contributed by atoms with Gasteiger partial charge in [0.05, 0.1) is 19.9 Å². The molecule has 0 spiro atoms. The lowest BCUT2D eigenvalue weighted by Gasteiger charge is -2.08. The maximum absolute atomic E-state index is 12.8. The fraction of sp³-hybridized carbons (Fsp3) is 0.136. The third kappa shape index (κ3) is 3.64. The summed E-state index contributed by atoms with van der Waals surface area (Å²) < 4.78 is 10.7. The highest BCUT2D eigenvalue weighted by molar-refractivity contribution is 7.16. The minimum atomic E-state index is -0.283. The van der Waals surface area contributed by atoms with Gasteiger partial charge in [-0.25, -0.2) is 4.98 Å². The highest BCUT2D eigenvalue weighted by Crippen LogP contribution is 2.36. The molecule has 6 nitrogen and oxygen atoms in total. The summed E-state index contributed by atoms with van der Waals surface area (Å²) in [5, 5.41) is 5.18. The number of thiazole rings is 1. The fourth-order valence-corrected chi connectivity index (χ4v) is 3.99. The van der Waals surface area contributed by atoms with Gasteiger partial charge in [0.15, 0.2) is 16.6 Å². The van der Waals surface area contributed by atoms with Gasteiger partial charge in [0.1, 0.15) is 5.69 Å². The van der Waals surface area contributed by atoms with Gasteiger partial charge in [-0.2, -0.15) is 0 Å². The first kappa shape index (κ1) is 18.9. The second kappa shape index (κ2) is 7.89. The Morgan fingerprint density at radius 1 is 1.03 bits per heavy atom. The monoisotopic (exact) mass is 405 g/mol. The number of ether oxygens (including phenoxy) is 2. The minimum absolute atomic E-state index is 0.283. The van der Waals surface area contributed by atoms with E-state index in [1.807, 2.05) is 55.5 Å². The van der Waals surface area contributed by atoms with E-state index >= 15 is 0 Å². The third-order valence-electron chi connectivity index (χ3n) is 4.56. The van der Waals surface area contributed by atoms with Crippen LogP contribution in [0.4, 0.5) is 5.13 Å². The maximum atomic E-state index is 12.8. The quantitative estimate of drug-likeness (QED) is 0.509. The Morgan fingerprint density at radius 2 is 1.83 bits per heavy atom. The number of hydrogen-bond donors (Lipinski definition) is 1. The molecular weight excluding hydrogens is 386 g/mol. The van der Waals surface area contributed by atoms with E-state index in [0.717, 1.165) is 26.9 Å². The molecule has 0 radical (unpaired) electrons. The molecule has 4 aromatic rings. The largest absolute Gasteiger partial charge is 0.493 e. The molecule has 0 saturated carbocycles. The summed E-state index contributed by atoms with van der Waals surface area (Å²) in [5.74, 6) is 0.997. The van der Waals surface area contributed by atoms with Gasteiger partial charge in [-0.3, -0.25) is 15.1 Å². The molecule has 0 aliphatic heterocycles. The number of aromatic nitrogens is 2. The first-order valence-corrected chi connectivity index (χ1v) is 9.77. The van der Waals surface area contributed by atoms with E-state index in [0.29, 0.717) is 22.3 Å². The molecule has 0 bridgehead atoms. The molecule has 0 fully saturated rings. The summed E-state index contributed by atoms with van der Waals surface area (Å²) in [7, 11) is 3.19. The molecule has 2 heterocycles. The van der Waals surface area contributed by atoms with Crippen molar-refractivity contribution in [2.45, 2.75) is 6.92 Å². The second-order valence-corrected chi connectivity index (χ2v) is 7.53. The smallest absolute Gasteiger partial charge is 0.276 e. The summed E-state index contributed by atoms with van der Waals surface area (Å²) in [6, 6.07) is 15.2. The number of anilines is 1. The lowest BCUT2D eigenvalue weighted by molar-refractivity contribution is 0.102. The molecule has 2 aromatic heterocycles. The zero-order valence-corrected chi connectivity index (χ0v) is 17.0. The van der Waals surface area contributed by atoms with Crippen LogP contribution in [0.15, 0.2) is 54.7 Å². The first-order chi connectivity index (χ1) is 14.1. The van der Waals surface area contributed by atoms with Gasteiger partial charge >= 0.3 is 0 Å². The number of aryl methyl sites for hydroxylation is 1. The van der Waals surface area contributed by atoms with Crippen LogP contribution in [-0.2, 0) is 0 Å². The number of hydrogen-bond acceptors (Lipinski definition) is 6. The molecule has 4 rings (SSSR count). The van der Waals surface area contributed by atoms with Crippen molar-refractivity contribution in [3.63, 3.8) is 0 Å². The van der Waals surface area contributed by atoms with Crippen molar-refractivity contribution in [3.8, 4) is 22.8 Å². The molecule has 7 heteroatoms. The normalized spacial score (nSPS) is 10.7. The third-order valence-corrected chi connectivity index (χ3v) is 5.45. The van der Waals surface area contributed by atoms with Gasteiger partial charge in [0.25, 0.3) is 5.91 Å². The molecule has 0 atom stereocenters. The number of amides is 1. The van der Waals surface area contributed by atoms with E-state index in [1.54, 1.807) is 20.4 Å². The molecule has 29 heavy (non-hydrogen) atoms. The van der Waals surface area contributed by atoms with Crippen LogP contribution in [0, 0.1) is 6.92 Å². The Balaban J connectivity index is 1.64. The zero-order valence-electron chi connectivity index (χ0n) is 16.2. The molecule has 0 unspecified atom stereocenters. The highest BCUT2D eigenvalue weighted by atomic mass is 32.1. The average Bonchev–Trinajstić information content (AvgIpc) is 3.12. The predicted octanol–water partition coefficient (Wildman–Crippen LogP) is 4.94. The average molecular weight is 405 g/mol. The lowest BCUT2D eigenvalue weighted by atomic mass is 10.1. The molecule has 146 valence electrons. The van der Waals surface area contributed by atoms with Gasteiger partial charge in [-0.1, -0.05) is 24.3 Å². The van der Waals surface area contributed by atoms with Crippen molar-refractivity contribution in [2.75, 3.05) is 19.5 Å². The molecule has 2 aromatic carbocycles. The Kier molecular flexibility index (Phi) is 5.14. The lowest BCUT2D eigenvalue weighted by Crippen LogP contribution is -2.13. The predicted molar refractivity (Wildman–Crippen MR) is 115 cm³/mol. The van der Waals surface area contributed by atoms with Crippen molar-refractivity contribution in [1.29, 1.82) is 0 Å². The van der Waals surface area contributed by atoms with Crippen molar-refractivity contribution in [2.24, 2.45) is 0 Å². The number of carbonyl (C=O) groups excluding carboxylic acids is 1. The maximum Gasteiger partial charge on any atom is 0.276 e. The van der Waals surface area contributed by atoms with Crippen LogP contribution in [0.25, 0.3) is 22.0 Å². The van der Waals surface area contributed by atoms with E-state index in [9.17, 15) is 4.79 Å². The number of carbonyl (C=O) groups is 1. The van der Waals surface area contributed by atoms with Crippen LogP contribution in [-0.4, -0.2) is 30.1 Å². The molecule has 1 amide bonds. The van der Waals surface area contributed by atoms with E-state index < -0.39 is 0 Å².